The highest BCUT2D eigenvalue weighted by atomic mass is 16.5. The molecule has 1 rings (SSSR count). The molecule has 298 valence electrons. The second kappa shape index (κ2) is 38.5. The van der Waals surface area contributed by atoms with Gasteiger partial charge in [-0.2, -0.15) is 0 Å². The van der Waals surface area contributed by atoms with E-state index in [4.69, 9.17) is 14.2 Å². The molecule has 5 heteroatoms. The number of allylic oxidation sites excluding steroid dienone is 8. The van der Waals surface area contributed by atoms with Crippen LogP contribution in [-0.2, 0) is 14.2 Å². The summed E-state index contributed by atoms with van der Waals surface area (Å²) in [5, 5.41) is 9.54. The number of nitrogens with zero attached hydrogens (tertiary/aromatic N) is 1. The van der Waals surface area contributed by atoms with Gasteiger partial charge in [0.05, 0.1) is 18.8 Å². The normalized spacial score (nSPS) is 17.8. The topological polar surface area (TPSA) is 51.2 Å². The fourth-order valence-corrected chi connectivity index (χ4v) is 6.95. The van der Waals surface area contributed by atoms with Crippen LogP contribution in [0.25, 0.3) is 0 Å². The Morgan fingerprint density at radius 1 is 0.549 bits per heavy atom. The first kappa shape index (κ1) is 47.8. The van der Waals surface area contributed by atoms with Crippen molar-refractivity contribution in [1.82, 2.24) is 4.90 Å². The molecule has 5 nitrogen and oxygen atoms in total. The molecule has 1 aliphatic rings. The fraction of sp³-hybridized carbons (Fsp3) is 0.826. The lowest BCUT2D eigenvalue weighted by Crippen LogP contribution is -2.31. The first-order valence-electron chi connectivity index (χ1n) is 21.9. The van der Waals surface area contributed by atoms with Gasteiger partial charge in [-0.25, -0.2) is 0 Å². The quantitative estimate of drug-likeness (QED) is 0.0509. The number of likely N-dealkylation sites (tertiary alicyclic amines) is 1. The second-order valence-electron chi connectivity index (χ2n) is 15.0. The molecule has 0 aliphatic carbocycles. The van der Waals surface area contributed by atoms with Crippen LogP contribution in [0.4, 0.5) is 0 Å². The SMILES string of the molecule is CCCCC/C=C\C/C=C\CCCCCCCCO[C@@H]1CN(CC(CCO)COC)C[C@H]1OCCCCCCCC/C=C\C/C=C\CCCCC. The van der Waals surface area contributed by atoms with Crippen molar-refractivity contribution in [3.05, 3.63) is 48.6 Å². The maximum atomic E-state index is 9.54. The minimum absolute atomic E-state index is 0.143. The molecule has 0 aromatic carbocycles. The summed E-state index contributed by atoms with van der Waals surface area (Å²) in [4.78, 5) is 2.48. The Balaban J connectivity index is 2.20. The molecule has 1 heterocycles. The van der Waals surface area contributed by atoms with E-state index in [9.17, 15) is 5.11 Å². The highest BCUT2D eigenvalue weighted by Gasteiger charge is 2.35. The summed E-state index contributed by atoms with van der Waals surface area (Å²) in [6.07, 6.45) is 50.1. The standard InChI is InChI=1S/C46H85NO4/c1-4-6-8-10-12-14-16-18-20-22-24-26-28-30-32-34-38-50-45-41-47(40-44(36-37-48)43-49-3)42-46(45)51-39-35-33-31-29-27-25-23-21-19-17-15-13-11-9-7-5-2/h12-15,18-21,44-46,48H,4-11,16-17,22-43H2,1-3H3/b14-12-,15-13-,20-18-,21-19-/t44?,45-,46-/m1/s1. The molecule has 51 heavy (non-hydrogen) atoms. The van der Waals surface area contributed by atoms with Gasteiger partial charge in [0.1, 0.15) is 0 Å². The molecular weight excluding hydrogens is 631 g/mol. The first-order chi connectivity index (χ1) is 25.2. The lowest BCUT2D eigenvalue weighted by Gasteiger charge is -2.22. The van der Waals surface area contributed by atoms with E-state index in [0.717, 1.165) is 65.0 Å². The van der Waals surface area contributed by atoms with E-state index < -0.39 is 0 Å². The van der Waals surface area contributed by atoms with Gasteiger partial charge in [0, 0.05) is 46.6 Å². The van der Waals surface area contributed by atoms with E-state index in [2.05, 4.69) is 67.4 Å². The van der Waals surface area contributed by atoms with Crippen molar-refractivity contribution < 1.29 is 19.3 Å². The Hall–Kier alpha value is -1.24. The van der Waals surface area contributed by atoms with Crippen molar-refractivity contribution in [3.63, 3.8) is 0 Å². The molecule has 0 radical (unpaired) electrons. The minimum Gasteiger partial charge on any atom is -0.396 e. The van der Waals surface area contributed by atoms with Crippen molar-refractivity contribution in [2.45, 2.75) is 187 Å². The highest BCUT2D eigenvalue weighted by molar-refractivity contribution is 4.93. The van der Waals surface area contributed by atoms with Gasteiger partial charge in [-0.1, -0.05) is 140 Å². The Labute approximate surface area is 317 Å². The third kappa shape index (κ3) is 30.9. The summed E-state index contributed by atoms with van der Waals surface area (Å²) in [6, 6.07) is 0. The third-order valence-corrected chi connectivity index (χ3v) is 10.1. The first-order valence-corrected chi connectivity index (χ1v) is 21.9. The molecule has 0 spiro atoms. The lowest BCUT2D eigenvalue weighted by atomic mass is 10.1. The number of aliphatic hydroxyl groups excluding tert-OH is 1. The van der Waals surface area contributed by atoms with Gasteiger partial charge >= 0.3 is 0 Å². The maximum absolute atomic E-state index is 9.54. The summed E-state index contributed by atoms with van der Waals surface area (Å²) in [5.74, 6) is 0.347. The number of ether oxygens (including phenoxy) is 3. The maximum Gasteiger partial charge on any atom is 0.0975 e. The summed E-state index contributed by atoms with van der Waals surface area (Å²) >= 11 is 0. The molecule has 1 aliphatic heterocycles. The largest absolute Gasteiger partial charge is 0.396 e. The fourth-order valence-electron chi connectivity index (χ4n) is 6.95. The van der Waals surface area contributed by atoms with Gasteiger partial charge < -0.3 is 19.3 Å². The number of aliphatic hydroxyl groups is 1. The molecule has 1 N–H and O–H groups in total. The van der Waals surface area contributed by atoms with Crippen LogP contribution in [0.15, 0.2) is 48.6 Å². The van der Waals surface area contributed by atoms with E-state index in [1.165, 1.54) is 128 Å². The van der Waals surface area contributed by atoms with Crippen LogP contribution >= 0.6 is 0 Å². The zero-order valence-corrected chi connectivity index (χ0v) is 34.1. The molecule has 0 saturated carbocycles. The molecular formula is C46H85NO4. The molecule has 0 amide bonds. The van der Waals surface area contributed by atoms with Crippen LogP contribution in [0.2, 0.25) is 0 Å². The Bertz CT molecular complexity index is 760. The van der Waals surface area contributed by atoms with Crippen LogP contribution in [0.1, 0.15) is 174 Å². The van der Waals surface area contributed by atoms with E-state index in [1.54, 1.807) is 7.11 Å². The van der Waals surface area contributed by atoms with Gasteiger partial charge in [-0.15, -0.1) is 0 Å². The van der Waals surface area contributed by atoms with Crippen LogP contribution in [0.3, 0.4) is 0 Å². The van der Waals surface area contributed by atoms with Gasteiger partial charge in [-0.3, -0.25) is 4.90 Å². The summed E-state index contributed by atoms with van der Waals surface area (Å²) in [5.41, 5.74) is 0. The molecule has 0 bridgehead atoms. The molecule has 1 saturated heterocycles. The summed E-state index contributed by atoms with van der Waals surface area (Å²) in [6.45, 7) is 9.86. The predicted octanol–water partition coefficient (Wildman–Crippen LogP) is 12.3. The Morgan fingerprint density at radius 3 is 1.33 bits per heavy atom. The molecule has 1 fully saturated rings. The highest BCUT2D eigenvalue weighted by Crippen LogP contribution is 2.21. The predicted molar refractivity (Wildman–Crippen MR) is 222 cm³/mol. The van der Waals surface area contributed by atoms with Crippen LogP contribution in [-0.4, -0.2) is 75.4 Å². The molecule has 3 atom stereocenters. The minimum atomic E-state index is 0.143. The molecule has 0 aromatic heterocycles. The van der Waals surface area contributed by atoms with Crippen molar-refractivity contribution in [3.8, 4) is 0 Å². The number of hydrogen-bond donors (Lipinski definition) is 1. The molecule has 1 unspecified atom stereocenters. The number of methoxy groups -OCH3 is 1. The van der Waals surface area contributed by atoms with Gasteiger partial charge in [-0.05, 0) is 89.4 Å². The van der Waals surface area contributed by atoms with E-state index in [0.29, 0.717) is 12.5 Å². The molecule has 0 aromatic rings. The van der Waals surface area contributed by atoms with Crippen molar-refractivity contribution in [2.75, 3.05) is 53.2 Å². The average molecular weight is 716 g/mol. The summed E-state index contributed by atoms with van der Waals surface area (Å²) < 4.78 is 18.4. The van der Waals surface area contributed by atoms with Crippen molar-refractivity contribution in [1.29, 1.82) is 0 Å². The van der Waals surface area contributed by atoms with Gasteiger partial charge in [0.2, 0.25) is 0 Å². The smallest absolute Gasteiger partial charge is 0.0975 e. The van der Waals surface area contributed by atoms with Crippen molar-refractivity contribution >= 4 is 0 Å². The Kier molecular flexibility index (Phi) is 36.1. The van der Waals surface area contributed by atoms with E-state index in [1.807, 2.05) is 0 Å². The monoisotopic (exact) mass is 716 g/mol. The van der Waals surface area contributed by atoms with Gasteiger partial charge in [0.25, 0.3) is 0 Å². The van der Waals surface area contributed by atoms with Crippen LogP contribution < -0.4 is 0 Å². The van der Waals surface area contributed by atoms with Crippen LogP contribution in [0, 0.1) is 5.92 Å². The number of unbranched alkanes of at least 4 members (excludes halogenated alkanes) is 18. The van der Waals surface area contributed by atoms with E-state index in [-0.39, 0.29) is 18.8 Å². The van der Waals surface area contributed by atoms with Crippen molar-refractivity contribution in [2.24, 2.45) is 5.92 Å². The lowest BCUT2D eigenvalue weighted by molar-refractivity contribution is -0.0481. The van der Waals surface area contributed by atoms with Crippen LogP contribution in [0.5, 0.6) is 0 Å². The summed E-state index contributed by atoms with van der Waals surface area (Å²) in [7, 11) is 1.76. The van der Waals surface area contributed by atoms with E-state index >= 15 is 0 Å². The average Bonchev–Trinajstić information content (AvgIpc) is 3.51. The Morgan fingerprint density at radius 2 is 0.941 bits per heavy atom. The zero-order valence-electron chi connectivity index (χ0n) is 34.1. The number of hydrogen-bond acceptors (Lipinski definition) is 5. The second-order valence-corrected chi connectivity index (χ2v) is 15.0. The van der Waals surface area contributed by atoms with Gasteiger partial charge in [0.15, 0.2) is 0 Å². The third-order valence-electron chi connectivity index (χ3n) is 10.1. The zero-order chi connectivity index (χ0) is 36.7. The number of rotatable bonds is 38.